The van der Waals surface area contributed by atoms with Gasteiger partial charge in [-0.05, 0) is 48.9 Å². The summed E-state index contributed by atoms with van der Waals surface area (Å²) < 4.78 is 18.1. The van der Waals surface area contributed by atoms with Crippen molar-refractivity contribution < 1.29 is 23.6 Å². The maximum absolute atomic E-state index is 12.5. The standard InChI is InChI=1S/C24H22N4O6/c1-16-10-20(6-8-22(16)28(30)31)33-15-21-7-9-23(34-21)24(29)26-18-12-25-27(14-18)13-17-4-3-5-19(11-17)32-2/h3-12,14H,13,15H2,1-2H3,(H,26,29). The second-order valence-corrected chi connectivity index (χ2v) is 7.49. The van der Waals surface area contributed by atoms with Crippen molar-refractivity contribution in [3.8, 4) is 11.5 Å². The number of furan rings is 1. The van der Waals surface area contributed by atoms with E-state index in [4.69, 9.17) is 13.9 Å². The van der Waals surface area contributed by atoms with Crippen molar-refractivity contribution in [2.45, 2.75) is 20.1 Å². The molecule has 0 atom stereocenters. The predicted molar refractivity (Wildman–Crippen MR) is 123 cm³/mol. The van der Waals surface area contributed by atoms with Crippen molar-refractivity contribution in [2.75, 3.05) is 12.4 Å². The van der Waals surface area contributed by atoms with Crippen molar-refractivity contribution >= 4 is 17.3 Å². The number of benzene rings is 2. The number of anilines is 1. The summed E-state index contributed by atoms with van der Waals surface area (Å²) in [7, 11) is 1.61. The molecule has 4 aromatic rings. The number of methoxy groups -OCH3 is 1. The number of nitrogens with one attached hydrogen (secondary N) is 1. The van der Waals surface area contributed by atoms with Gasteiger partial charge < -0.3 is 19.2 Å². The van der Waals surface area contributed by atoms with Crippen LogP contribution in [0.1, 0.15) is 27.4 Å². The van der Waals surface area contributed by atoms with Gasteiger partial charge in [-0.2, -0.15) is 5.10 Å². The molecule has 0 radical (unpaired) electrons. The van der Waals surface area contributed by atoms with Crippen molar-refractivity contribution in [1.29, 1.82) is 0 Å². The van der Waals surface area contributed by atoms with Crippen LogP contribution in [0.5, 0.6) is 11.5 Å². The average Bonchev–Trinajstić information content (AvgIpc) is 3.47. The Hall–Kier alpha value is -4.60. The second kappa shape index (κ2) is 9.90. The summed E-state index contributed by atoms with van der Waals surface area (Å²) in [4.78, 5) is 23.0. The van der Waals surface area contributed by atoms with Gasteiger partial charge in [-0.25, -0.2) is 0 Å². The Bertz CT molecular complexity index is 1330. The number of amides is 1. The third kappa shape index (κ3) is 5.41. The van der Waals surface area contributed by atoms with E-state index < -0.39 is 10.8 Å². The van der Waals surface area contributed by atoms with Gasteiger partial charge in [0.25, 0.3) is 11.6 Å². The van der Waals surface area contributed by atoms with Gasteiger partial charge in [-0.3, -0.25) is 19.6 Å². The third-order valence-corrected chi connectivity index (χ3v) is 5.00. The molecule has 10 heteroatoms. The molecule has 0 spiro atoms. The molecule has 1 N–H and O–H groups in total. The van der Waals surface area contributed by atoms with E-state index in [0.29, 0.717) is 29.3 Å². The van der Waals surface area contributed by atoms with Crippen LogP contribution in [-0.4, -0.2) is 27.7 Å². The number of aromatic nitrogens is 2. The summed E-state index contributed by atoms with van der Waals surface area (Å²) >= 11 is 0. The fraction of sp³-hybridized carbons (Fsp3) is 0.167. The highest BCUT2D eigenvalue weighted by atomic mass is 16.6. The van der Waals surface area contributed by atoms with E-state index in [1.165, 1.54) is 12.1 Å². The van der Waals surface area contributed by atoms with Gasteiger partial charge in [0.15, 0.2) is 5.76 Å². The minimum atomic E-state index is -0.445. The van der Waals surface area contributed by atoms with Crippen LogP contribution in [-0.2, 0) is 13.2 Å². The fourth-order valence-corrected chi connectivity index (χ4v) is 3.32. The number of carbonyl (C=O) groups is 1. The molecular weight excluding hydrogens is 440 g/mol. The summed E-state index contributed by atoms with van der Waals surface area (Å²) in [5.41, 5.74) is 2.06. The maximum Gasteiger partial charge on any atom is 0.291 e. The lowest BCUT2D eigenvalue weighted by molar-refractivity contribution is -0.385. The van der Waals surface area contributed by atoms with Gasteiger partial charge in [0.2, 0.25) is 0 Å². The molecule has 0 saturated heterocycles. The zero-order chi connectivity index (χ0) is 24.1. The lowest BCUT2D eigenvalue weighted by Crippen LogP contribution is -2.10. The Morgan fingerprint density at radius 1 is 1.18 bits per heavy atom. The van der Waals surface area contributed by atoms with Crippen LogP contribution >= 0.6 is 0 Å². The van der Waals surface area contributed by atoms with Crippen LogP contribution in [0, 0.1) is 17.0 Å². The Balaban J connectivity index is 1.33. The van der Waals surface area contributed by atoms with Crippen LogP contribution in [0.3, 0.4) is 0 Å². The Labute approximate surface area is 194 Å². The molecule has 34 heavy (non-hydrogen) atoms. The molecule has 0 aliphatic carbocycles. The summed E-state index contributed by atoms with van der Waals surface area (Å²) in [5.74, 6) is 1.38. The number of rotatable bonds is 9. The monoisotopic (exact) mass is 462 g/mol. The summed E-state index contributed by atoms with van der Waals surface area (Å²) in [6.07, 6.45) is 3.28. The first-order valence-electron chi connectivity index (χ1n) is 10.3. The number of aryl methyl sites for hydroxylation is 1. The number of nitrogens with zero attached hydrogens (tertiary/aromatic N) is 3. The van der Waals surface area contributed by atoms with Crippen molar-refractivity contribution in [2.24, 2.45) is 0 Å². The first-order chi connectivity index (χ1) is 16.4. The minimum absolute atomic E-state index is 0.0242. The largest absolute Gasteiger partial charge is 0.497 e. The summed E-state index contributed by atoms with van der Waals surface area (Å²) in [6, 6.07) is 15.3. The van der Waals surface area contributed by atoms with Gasteiger partial charge in [0.1, 0.15) is 23.9 Å². The maximum atomic E-state index is 12.5. The smallest absolute Gasteiger partial charge is 0.291 e. The van der Waals surface area contributed by atoms with Crippen LogP contribution in [0.4, 0.5) is 11.4 Å². The quantitative estimate of drug-likeness (QED) is 0.285. The highest BCUT2D eigenvalue weighted by Gasteiger charge is 2.14. The Kier molecular flexibility index (Phi) is 6.58. The highest BCUT2D eigenvalue weighted by Crippen LogP contribution is 2.24. The van der Waals surface area contributed by atoms with Gasteiger partial charge in [-0.1, -0.05) is 12.1 Å². The van der Waals surface area contributed by atoms with Crippen LogP contribution in [0.2, 0.25) is 0 Å². The molecule has 10 nitrogen and oxygen atoms in total. The number of carbonyl (C=O) groups excluding carboxylic acids is 1. The minimum Gasteiger partial charge on any atom is -0.497 e. The lowest BCUT2D eigenvalue weighted by atomic mass is 10.2. The van der Waals surface area contributed by atoms with Gasteiger partial charge >= 0.3 is 0 Å². The van der Waals surface area contributed by atoms with Crippen LogP contribution < -0.4 is 14.8 Å². The number of ether oxygens (including phenoxy) is 2. The molecular formula is C24H22N4O6. The molecule has 2 aromatic carbocycles. The molecule has 0 fully saturated rings. The van der Waals surface area contributed by atoms with Crippen LogP contribution in [0.15, 0.2) is 71.4 Å². The number of nitro groups is 1. The topological polar surface area (TPSA) is 122 Å². The first kappa shape index (κ1) is 22.6. The molecule has 0 aliphatic rings. The number of hydrogen-bond acceptors (Lipinski definition) is 7. The Morgan fingerprint density at radius 3 is 2.79 bits per heavy atom. The number of hydrogen-bond donors (Lipinski definition) is 1. The van der Waals surface area contributed by atoms with Gasteiger partial charge in [0.05, 0.1) is 30.5 Å². The van der Waals surface area contributed by atoms with E-state index in [1.54, 1.807) is 49.3 Å². The molecule has 0 aliphatic heterocycles. The molecule has 1 amide bonds. The lowest BCUT2D eigenvalue weighted by Gasteiger charge is -2.05. The van der Waals surface area contributed by atoms with Crippen molar-refractivity contribution in [1.82, 2.24) is 9.78 Å². The fourth-order valence-electron chi connectivity index (χ4n) is 3.32. The zero-order valence-corrected chi connectivity index (χ0v) is 18.6. The molecule has 0 unspecified atom stereocenters. The average molecular weight is 462 g/mol. The van der Waals surface area contributed by atoms with E-state index in [9.17, 15) is 14.9 Å². The predicted octanol–water partition coefficient (Wildman–Crippen LogP) is 4.58. The van der Waals surface area contributed by atoms with Crippen molar-refractivity contribution in [3.63, 3.8) is 0 Å². The molecule has 0 bridgehead atoms. The highest BCUT2D eigenvalue weighted by molar-refractivity contribution is 6.02. The van der Waals surface area contributed by atoms with E-state index in [2.05, 4.69) is 10.4 Å². The van der Waals surface area contributed by atoms with E-state index >= 15 is 0 Å². The van der Waals surface area contributed by atoms with Gasteiger partial charge in [-0.15, -0.1) is 0 Å². The normalized spacial score (nSPS) is 10.6. The second-order valence-electron chi connectivity index (χ2n) is 7.49. The SMILES string of the molecule is COc1cccc(Cn2cc(NC(=O)c3ccc(COc4ccc([N+](=O)[O-])c(C)c4)o3)cn2)c1. The van der Waals surface area contributed by atoms with E-state index in [0.717, 1.165) is 11.3 Å². The zero-order valence-electron chi connectivity index (χ0n) is 18.6. The van der Waals surface area contributed by atoms with Crippen LogP contribution in [0.25, 0.3) is 0 Å². The summed E-state index contributed by atoms with van der Waals surface area (Å²) in [6.45, 7) is 2.24. The third-order valence-electron chi connectivity index (χ3n) is 5.00. The molecule has 2 aromatic heterocycles. The molecule has 0 saturated carbocycles. The van der Waals surface area contributed by atoms with E-state index in [1.807, 2.05) is 24.3 Å². The molecule has 174 valence electrons. The van der Waals surface area contributed by atoms with Crippen molar-refractivity contribution in [3.05, 3.63) is 99.8 Å². The summed E-state index contributed by atoms with van der Waals surface area (Å²) in [5, 5.41) is 17.9. The van der Waals surface area contributed by atoms with Gasteiger partial charge in [0, 0.05) is 17.8 Å². The molecule has 2 heterocycles. The Morgan fingerprint density at radius 2 is 2.03 bits per heavy atom. The van der Waals surface area contributed by atoms with E-state index in [-0.39, 0.29) is 18.1 Å². The number of nitro benzene ring substituents is 1. The first-order valence-corrected chi connectivity index (χ1v) is 10.3. The molecule has 4 rings (SSSR count).